The fourth-order valence-corrected chi connectivity index (χ4v) is 5.34. The van der Waals surface area contributed by atoms with Gasteiger partial charge in [-0.2, -0.15) is 0 Å². The van der Waals surface area contributed by atoms with Crippen LogP contribution in [0.5, 0.6) is 0 Å². The lowest BCUT2D eigenvalue weighted by molar-refractivity contribution is -0.135. The Balaban J connectivity index is 1.49. The monoisotopic (exact) mass is 320 g/mol. The molecule has 22 heavy (non-hydrogen) atoms. The molecule has 118 valence electrons. The van der Waals surface area contributed by atoms with Crippen LogP contribution in [0.15, 0.2) is 24.5 Å². The van der Waals surface area contributed by atoms with E-state index in [0.29, 0.717) is 6.42 Å². The number of carbonyl (C=O) groups excluding carboxylic acids is 1. The molecule has 0 aromatic carbocycles. The van der Waals surface area contributed by atoms with E-state index in [1.807, 2.05) is 23.2 Å². The molecule has 2 saturated carbocycles. The minimum Gasteiger partial charge on any atom is -0.335 e. The van der Waals surface area contributed by atoms with Crippen LogP contribution in [0.3, 0.4) is 0 Å². The second-order valence-electron chi connectivity index (χ2n) is 6.77. The third-order valence-corrected chi connectivity index (χ3v) is 6.77. The van der Waals surface area contributed by atoms with Crippen molar-refractivity contribution in [3.05, 3.63) is 30.1 Å². The van der Waals surface area contributed by atoms with Crippen LogP contribution in [-0.2, 0) is 14.6 Å². The summed E-state index contributed by atoms with van der Waals surface area (Å²) in [7, 11) is -2.95. The molecule has 3 aliphatic rings. The van der Waals surface area contributed by atoms with Crippen molar-refractivity contribution < 1.29 is 13.2 Å². The van der Waals surface area contributed by atoms with Gasteiger partial charge in [-0.3, -0.25) is 9.78 Å². The molecular formula is C16H20N2O3S. The van der Waals surface area contributed by atoms with Gasteiger partial charge in [0, 0.05) is 30.4 Å². The number of carbonyl (C=O) groups is 1. The van der Waals surface area contributed by atoms with Crippen LogP contribution >= 0.6 is 0 Å². The molecule has 5 nitrogen and oxygen atoms in total. The number of hydrogen-bond donors (Lipinski definition) is 0. The Bertz CT molecular complexity index is 685. The fraction of sp³-hybridized carbons (Fsp3) is 0.625. The number of rotatable bonds is 4. The predicted octanol–water partition coefficient (Wildman–Crippen LogP) is 1.36. The van der Waals surface area contributed by atoms with Gasteiger partial charge in [-0.05, 0) is 43.2 Å². The van der Waals surface area contributed by atoms with Gasteiger partial charge >= 0.3 is 0 Å². The highest BCUT2D eigenvalue weighted by Crippen LogP contribution is 2.50. The van der Waals surface area contributed by atoms with Gasteiger partial charge in [0.1, 0.15) is 0 Å². The normalized spacial score (nSPS) is 32.6. The van der Waals surface area contributed by atoms with Gasteiger partial charge in [0.05, 0.1) is 11.5 Å². The molecule has 6 heteroatoms. The van der Waals surface area contributed by atoms with Gasteiger partial charge in [0.25, 0.3) is 0 Å². The van der Waals surface area contributed by atoms with Crippen molar-refractivity contribution in [2.75, 3.05) is 11.5 Å². The number of sulfone groups is 1. The van der Waals surface area contributed by atoms with Crippen LogP contribution in [0, 0.1) is 5.92 Å². The third-order valence-electron chi connectivity index (χ3n) is 5.02. The maximum absolute atomic E-state index is 12.9. The number of aromatic nitrogens is 1. The van der Waals surface area contributed by atoms with Crippen molar-refractivity contribution in [3.63, 3.8) is 0 Å². The Labute approximate surface area is 130 Å². The Morgan fingerprint density at radius 2 is 2.05 bits per heavy atom. The van der Waals surface area contributed by atoms with Crippen molar-refractivity contribution in [2.24, 2.45) is 5.92 Å². The third kappa shape index (κ3) is 2.64. The summed E-state index contributed by atoms with van der Waals surface area (Å²) < 4.78 is 23.5. The lowest BCUT2D eigenvalue weighted by atomic mass is 10.1. The summed E-state index contributed by atoms with van der Waals surface area (Å²) in [6.07, 6.45) is 7.09. The van der Waals surface area contributed by atoms with E-state index in [1.165, 1.54) is 0 Å². The molecule has 1 aromatic rings. The molecule has 2 aliphatic carbocycles. The number of hydrogen-bond acceptors (Lipinski definition) is 4. The summed E-state index contributed by atoms with van der Waals surface area (Å²) >= 11 is 0. The SMILES string of the molecule is O=C([C@@H]1C[C@H]1c1cccnc1)N(C1CC1)C1CCS(=O)(=O)C1. The smallest absolute Gasteiger partial charge is 0.226 e. The molecule has 1 unspecified atom stereocenters. The zero-order chi connectivity index (χ0) is 15.3. The molecule has 0 spiro atoms. The molecule has 1 aliphatic heterocycles. The molecule has 2 heterocycles. The van der Waals surface area contributed by atoms with E-state index in [-0.39, 0.29) is 41.3 Å². The first-order valence-corrected chi connectivity index (χ1v) is 9.80. The largest absolute Gasteiger partial charge is 0.335 e. The lowest BCUT2D eigenvalue weighted by Gasteiger charge is -2.28. The number of pyridine rings is 1. The summed E-state index contributed by atoms with van der Waals surface area (Å²) in [6.45, 7) is 0. The standard InChI is InChI=1S/C16H20N2O3S/c19-16(15-8-14(15)11-2-1-6-17-9-11)18(12-3-4-12)13-5-7-22(20,21)10-13/h1-2,6,9,12-15H,3-5,7-8,10H2/t13?,14-,15+/m0/s1. The average molecular weight is 320 g/mol. The van der Waals surface area contributed by atoms with Crippen LogP contribution in [0.4, 0.5) is 0 Å². The second-order valence-corrected chi connectivity index (χ2v) is 9.00. The summed E-state index contributed by atoms with van der Waals surface area (Å²) in [4.78, 5) is 18.9. The second kappa shape index (κ2) is 5.05. The van der Waals surface area contributed by atoms with Crippen LogP contribution in [0.1, 0.15) is 37.2 Å². The first kappa shape index (κ1) is 14.2. The maximum Gasteiger partial charge on any atom is 0.226 e. The van der Waals surface area contributed by atoms with E-state index >= 15 is 0 Å². The summed E-state index contributed by atoms with van der Waals surface area (Å²) in [5, 5.41) is 0. The van der Waals surface area contributed by atoms with E-state index in [2.05, 4.69) is 4.98 Å². The van der Waals surface area contributed by atoms with Gasteiger partial charge in [0.15, 0.2) is 9.84 Å². The highest BCUT2D eigenvalue weighted by molar-refractivity contribution is 7.91. The Kier molecular flexibility index (Phi) is 3.25. The van der Waals surface area contributed by atoms with Crippen LogP contribution in [0.25, 0.3) is 0 Å². The molecule has 0 N–H and O–H groups in total. The Morgan fingerprint density at radius 3 is 2.64 bits per heavy atom. The average Bonchev–Trinajstić information content (AvgIpc) is 3.39. The summed E-state index contributed by atoms with van der Waals surface area (Å²) in [5.41, 5.74) is 1.12. The quantitative estimate of drug-likeness (QED) is 0.840. The van der Waals surface area contributed by atoms with E-state index < -0.39 is 9.84 Å². The van der Waals surface area contributed by atoms with Gasteiger partial charge < -0.3 is 4.90 Å². The molecular weight excluding hydrogens is 300 g/mol. The van der Waals surface area contributed by atoms with Crippen LogP contribution < -0.4 is 0 Å². The topological polar surface area (TPSA) is 67.3 Å². The molecule has 1 amide bonds. The lowest BCUT2D eigenvalue weighted by Crippen LogP contribution is -2.43. The minimum absolute atomic E-state index is 0.0214. The minimum atomic E-state index is -2.95. The molecule has 4 rings (SSSR count). The van der Waals surface area contributed by atoms with Gasteiger partial charge in [-0.25, -0.2) is 8.42 Å². The highest BCUT2D eigenvalue weighted by atomic mass is 32.2. The molecule has 0 bridgehead atoms. The van der Waals surface area contributed by atoms with Gasteiger partial charge in [0.2, 0.25) is 5.91 Å². The zero-order valence-electron chi connectivity index (χ0n) is 12.4. The van der Waals surface area contributed by atoms with Crippen molar-refractivity contribution in [1.29, 1.82) is 0 Å². The number of nitrogens with zero attached hydrogens (tertiary/aromatic N) is 2. The molecule has 3 atom stereocenters. The van der Waals surface area contributed by atoms with Gasteiger partial charge in [-0.1, -0.05) is 6.07 Å². The first-order chi connectivity index (χ1) is 10.6. The maximum atomic E-state index is 12.9. The van der Waals surface area contributed by atoms with Crippen LogP contribution in [-0.4, -0.2) is 47.8 Å². The van der Waals surface area contributed by atoms with Crippen LogP contribution in [0.2, 0.25) is 0 Å². The Hall–Kier alpha value is -1.43. The molecule has 0 radical (unpaired) electrons. The van der Waals surface area contributed by atoms with Gasteiger partial charge in [-0.15, -0.1) is 0 Å². The first-order valence-electron chi connectivity index (χ1n) is 7.98. The fourth-order valence-electron chi connectivity index (χ4n) is 3.63. The van der Waals surface area contributed by atoms with E-state index in [9.17, 15) is 13.2 Å². The Morgan fingerprint density at radius 1 is 1.23 bits per heavy atom. The van der Waals surface area contributed by atoms with Crippen molar-refractivity contribution >= 4 is 15.7 Å². The van der Waals surface area contributed by atoms with Crippen molar-refractivity contribution in [2.45, 2.75) is 43.7 Å². The van der Waals surface area contributed by atoms with Crippen molar-refractivity contribution in [3.8, 4) is 0 Å². The summed E-state index contributed by atoms with van der Waals surface area (Å²) in [5.74, 6) is 0.830. The van der Waals surface area contributed by atoms with Crippen molar-refractivity contribution in [1.82, 2.24) is 9.88 Å². The van der Waals surface area contributed by atoms with E-state index in [0.717, 1.165) is 24.8 Å². The molecule has 1 aromatic heterocycles. The van der Waals surface area contributed by atoms with E-state index in [4.69, 9.17) is 0 Å². The number of amides is 1. The zero-order valence-corrected chi connectivity index (χ0v) is 13.2. The summed E-state index contributed by atoms with van der Waals surface area (Å²) in [6, 6.07) is 4.10. The molecule has 3 fully saturated rings. The highest BCUT2D eigenvalue weighted by Gasteiger charge is 2.51. The molecule has 1 saturated heterocycles. The van der Waals surface area contributed by atoms with E-state index in [1.54, 1.807) is 6.20 Å². The predicted molar refractivity (Wildman–Crippen MR) is 82.0 cm³/mol.